The highest BCUT2D eigenvalue weighted by molar-refractivity contribution is 5.77. The van der Waals surface area contributed by atoms with Gasteiger partial charge in [-0.05, 0) is 38.3 Å². The van der Waals surface area contributed by atoms with E-state index >= 15 is 0 Å². The normalized spacial score (nSPS) is 18.6. The number of carbonyl (C=O) groups is 1. The molecular formula is C13H26N2O. The van der Waals surface area contributed by atoms with Crippen LogP contribution in [0.25, 0.3) is 0 Å². The van der Waals surface area contributed by atoms with Crippen molar-refractivity contribution in [2.45, 2.75) is 46.0 Å². The lowest BCUT2D eigenvalue weighted by Crippen LogP contribution is -2.41. The lowest BCUT2D eigenvalue weighted by Gasteiger charge is -2.29. The van der Waals surface area contributed by atoms with Crippen molar-refractivity contribution in [3.63, 3.8) is 0 Å². The number of piperidine rings is 1. The highest BCUT2D eigenvalue weighted by atomic mass is 16.2. The summed E-state index contributed by atoms with van der Waals surface area (Å²) in [6.07, 6.45) is 6.01. The molecule has 1 N–H and O–H groups in total. The molecule has 1 rings (SSSR count). The van der Waals surface area contributed by atoms with Gasteiger partial charge < -0.3 is 5.32 Å². The fourth-order valence-electron chi connectivity index (χ4n) is 2.08. The second-order valence-corrected chi connectivity index (χ2v) is 5.02. The average molecular weight is 226 g/mol. The van der Waals surface area contributed by atoms with Gasteiger partial charge in [-0.1, -0.05) is 26.7 Å². The van der Waals surface area contributed by atoms with Crippen LogP contribution in [0.4, 0.5) is 0 Å². The van der Waals surface area contributed by atoms with Gasteiger partial charge in [0.1, 0.15) is 0 Å². The Hall–Kier alpha value is -0.570. The van der Waals surface area contributed by atoms with Crippen molar-refractivity contribution in [3.05, 3.63) is 0 Å². The van der Waals surface area contributed by atoms with E-state index < -0.39 is 0 Å². The maximum atomic E-state index is 11.6. The molecule has 0 aliphatic carbocycles. The quantitative estimate of drug-likeness (QED) is 0.703. The largest absolute Gasteiger partial charge is 0.355 e. The van der Waals surface area contributed by atoms with Crippen LogP contribution in [-0.4, -0.2) is 37.0 Å². The van der Waals surface area contributed by atoms with E-state index in [4.69, 9.17) is 0 Å². The summed E-state index contributed by atoms with van der Waals surface area (Å²) in [4.78, 5) is 13.9. The number of nitrogens with zero attached hydrogens (tertiary/aromatic N) is 1. The number of hydrogen-bond acceptors (Lipinski definition) is 2. The lowest BCUT2D eigenvalue weighted by molar-refractivity contribution is -0.122. The molecule has 3 nitrogen and oxygen atoms in total. The zero-order chi connectivity index (χ0) is 11.8. The Morgan fingerprint density at radius 3 is 2.62 bits per heavy atom. The van der Waals surface area contributed by atoms with E-state index in [0.29, 0.717) is 6.54 Å². The van der Waals surface area contributed by atoms with Crippen molar-refractivity contribution >= 4 is 5.91 Å². The van der Waals surface area contributed by atoms with E-state index in [1.807, 2.05) is 0 Å². The Morgan fingerprint density at radius 2 is 2.00 bits per heavy atom. The van der Waals surface area contributed by atoms with Crippen LogP contribution in [0, 0.1) is 5.92 Å². The second-order valence-electron chi connectivity index (χ2n) is 5.02. The van der Waals surface area contributed by atoms with Gasteiger partial charge in [0.25, 0.3) is 0 Å². The SMILES string of the molecule is CCCCCNC(=O)CN1CCC(C)CC1. The van der Waals surface area contributed by atoms with Crippen molar-refractivity contribution in [3.8, 4) is 0 Å². The fraction of sp³-hybridized carbons (Fsp3) is 0.923. The Balaban J connectivity index is 2.05. The second kappa shape index (κ2) is 7.66. The number of carbonyl (C=O) groups excluding carboxylic acids is 1. The van der Waals surface area contributed by atoms with E-state index in [-0.39, 0.29) is 5.91 Å². The number of nitrogens with one attached hydrogen (secondary N) is 1. The first-order valence-electron chi connectivity index (χ1n) is 6.71. The van der Waals surface area contributed by atoms with Crippen LogP contribution in [0.2, 0.25) is 0 Å². The molecule has 1 heterocycles. The first-order valence-corrected chi connectivity index (χ1v) is 6.71. The number of hydrogen-bond donors (Lipinski definition) is 1. The number of unbranched alkanes of at least 4 members (excludes halogenated alkanes) is 2. The van der Waals surface area contributed by atoms with Crippen LogP contribution in [0.1, 0.15) is 46.0 Å². The fourth-order valence-corrected chi connectivity index (χ4v) is 2.08. The Morgan fingerprint density at radius 1 is 1.31 bits per heavy atom. The van der Waals surface area contributed by atoms with Gasteiger partial charge in [-0.2, -0.15) is 0 Å². The third-order valence-electron chi connectivity index (χ3n) is 3.35. The monoisotopic (exact) mass is 226 g/mol. The molecule has 0 atom stereocenters. The smallest absolute Gasteiger partial charge is 0.234 e. The minimum atomic E-state index is 0.200. The molecule has 0 bridgehead atoms. The molecule has 1 aliphatic rings. The molecule has 0 aromatic carbocycles. The van der Waals surface area contributed by atoms with Crippen LogP contribution in [0.3, 0.4) is 0 Å². The van der Waals surface area contributed by atoms with E-state index in [0.717, 1.165) is 32.0 Å². The molecule has 0 aromatic rings. The average Bonchev–Trinajstić information content (AvgIpc) is 2.28. The standard InChI is InChI=1S/C13H26N2O/c1-3-4-5-8-14-13(16)11-15-9-6-12(2)7-10-15/h12H,3-11H2,1-2H3,(H,14,16). The maximum absolute atomic E-state index is 11.6. The Bertz CT molecular complexity index is 198. The third-order valence-corrected chi connectivity index (χ3v) is 3.35. The molecule has 16 heavy (non-hydrogen) atoms. The molecule has 0 radical (unpaired) electrons. The van der Waals surface area contributed by atoms with Gasteiger partial charge >= 0.3 is 0 Å². The summed E-state index contributed by atoms with van der Waals surface area (Å²) >= 11 is 0. The Kier molecular flexibility index (Phi) is 6.46. The predicted octanol–water partition coefficient (Wildman–Crippen LogP) is 2.02. The molecular weight excluding hydrogens is 200 g/mol. The predicted molar refractivity (Wildman–Crippen MR) is 67.4 cm³/mol. The zero-order valence-electron chi connectivity index (χ0n) is 10.8. The molecule has 0 spiro atoms. The van der Waals surface area contributed by atoms with Crippen molar-refractivity contribution in [1.29, 1.82) is 0 Å². The molecule has 0 aromatic heterocycles. The molecule has 3 heteroatoms. The van der Waals surface area contributed by atoms with E-state index in [9.17, 15) is 4.79 Å². The summed E-state index contributed by atoms with van der Waals surface area (Å²) in [5.74, 6) is 1.04. The van der Waals surface area contributed by atoms with Crippen molar-refractivity contribution in [2.75, 3.05) is 26.2 Å². The van der Waals surface area contributed by atoms with Crippen molar-refractivity contribution in [1.82, 2.24) is 10.2 Å². The molecule has 0 unspecified atom stereocenters. The van der Waals surface area contributed by atoms with Crippen LogP contribution >= 0.6 is 0 Å². The number of rotatable bonds is 6. The van der Waals surface area contributed by atoms with E-state index in [1.54, 1.807) is 0 Å². The third kappa shape index (κ3) is 5.50. The summed E-state index contributed by atoms with van der Waals surface area (Å²) in [5.41, 5.74) is 0. The minimum absolute atomic E-state index is 0.200. The first-order chi connectivity index (χ1) is 7.72. The topological polar surface area (TPSA) is 32.3 Å². The molecule has 1 amide bonds. The summed E-state index contributed by atoms with van der Waals surface area (Å²) < 4.78 is 0. The molecule has 0 saturated carbocycles. The van der Waals surface area contributed by atoms with Crippen LogP contribution in [0.15, 0.2) is 0 Å². The molecule has 1 aliphatic heterocycles. The van der Waals surface area contributed by atoms with Gasteiger partial charge in [-0.25, -0.2) is 0 Å². The molecule has 1 fully saturated rings. The van der Waals surface area contributed by atoms with E-state index in [2.05, 4.69) is 24.1 Å². The molecule has 94 valence electrons. The van der Waals surface area contributed by atoms with Gasteiger partial charge in [0.2, 0.25) is 5.91 Å². The lowest BCUT2D eigenvalue weighted by atomic mass is 9.99. The Labute approximate surface area is 99.6 Å². The highest BCUT2D eigenvalue weighted by Gasteiger charge is 2.17. The van der Waals surface area contributed by atoms with E-state index in [1.165, 1.54) is 25.7 Å². The van der Waals surface area contributed by atoms with Gasteiger partial charge in [0.05, 0.1) is 6.54 Å². The highest BCUT2D eigenvalue weighted by Crippen LogP contribution is 2.15. The summed E-state index contributed by atoms with van der Waals surface area (Å²) in [7, 11) is 0. The summed E-state index contributed by atoms with van der Waals surface area (Å²) in [6.45, 7) is 8.09. The van der Waals surface area contributed by atoms with Crippen LogP contribution in [0.5, 0.6) is 0 Å². The summed E-state index contributed by atoms with van der Waals surface area (Å²) in [6, 6.07) is 0. The number of amides is 1. The molecule has 1 saturated heterocycles. The van der Waals surface area contributed by atoms with Gasteiger partial charge in [0, 0.05) is 6.54 Å². The van der Waals surface area contributed by atoms with Gasteiger partial charge in [-0.3, -0.25) is 9.69 Å². The maximum Gasteiger partial charge on any atom is 0.234 e. The van der Waals surface area contributed by atoms with Gasteiger partial charge in [-0.15, -0.1) is 0 Å². The zero-order valence-corrected chi connectivity index (χ0v) is 10.8. The van der Waals surface area contributed by atoms with Crippen molar-refractivity contribution in [2.24, 2.45) is 5.92 Å². The summed E-state index contributed by atoms with van der Waals surface area (Å²) in [5, 5.41) is 3.00. The van der Waals surface area contributed by atoms with Crippen LogP contribution in [-0.2, 0) is 4.79 Å². The minimum Gasteiger partial charge on any atom is -0.355 e. The number of likely N-dealkylation sites (tertiary alicyclic amines) is 1. The van der Waals surface area contributed by atoms with Crippen molar-refractivity contribution < 1.29 is 4.79 Å². The first kappa shape index (κ1) is 13.5. The van der Waals surface area contributed by atoms with Gasteiger partial charge in [0.15, 0.2) is 0 Å². The van der Waals surface area contributed by atoms with Crippen LogP contribution < -0.4 is 5.32 Å².